The summed E-state index contributed by atoms with van der Waals surface area (Å²) in [7, 11) is 2.01. The van der Waals surface area contributed by atoms with Crippen LogP contribution in [-0.4, -0.2) is 81.9 Å². The lowest BCUT2D eigenvalue weighted by molar-refractivity contribution is -0.139. The molecule has 0 saturated carbocycles. The van der Waals surface area contributed by atoms with Crippen LogP contribution in [0.25, 0.3) is 0 Å². The molecule has 0 aliphatic carbocycles. The molecule has 8 nitrogen and oxygen atoms in total. The van der Waals surface area contributed by atoms with Crippen LogP contribution in [0.3, 0.4) is 0 Å². The van der Waals surface area contributed by atoms with Gasteiger partial charge in [0.25, 0.3) is 0 Å². The Hall–Kier alpha value is -1.93. The number of rotatable bonds is 5. The Kier molecular flexibility index (Phi) is 5.70. The van der Waals surface area contributed by atoms with Crippen LogP contribution in [-0.2, 0) is 23.2 Å². The average molecular weight is 348 g/mol. The summed E-state index contributed by atoms with van der Waals surface area (Å²) >= 11 is 0. The second kappa shape index (κ2) is 7.97. The first-order valence-corrected chi connectivity index (χ1v) is 9.01. The molecule has 138 valence electrons. The van der Waals surface area contributed by atoms with Crippen molar-refractivity contribution in [3.63, 3.8) is 0 Å². The lowest BCUT2D eigenvalue weighted by Gasteiger charge is -2.38. The fourth-order valence-corrected chi connectivity index (χ4v) is 3.69. The first kappa shape index (κ1) is 17.9. The smallest absolute Gasteiger partial charge is 0.231 e. The van der Waals surface area contributed by atoms with E-state index in [1.165, 1.54) is 0 Å². The number of hydrogen-bond acceptors (Lipinski definition) is 5. The minimum atomic E-state index is -0.298. The van der Waals surface area contributed by atoms with Crippen molar-refractivity contribution in [3.8, 4) is 0 Å². The second-order valence-electron chi connectivity index (χ2n) is 7.07. The third-order valence-corrected chi connectivity index (χ3v) is 5.29. The lowest BCUT2D eigenvalue weighted by Crippen LogP contribution is -2.51. The molecule has 2 fully saturated rings. The van der Waals surface area contributed by atoms with Gasteiger partial charge >= 0.3 is 0 Å². The minimum absolute atomic E-state index is 0.0882. The molecular weight excluding hydrogens is 320 g/mol. The van der Waals surface area contributed by atoms with Crippen LogP contribution in [0, 0.1) is 5.92 Å². The van der Waals surface area contributed by atoms with Gasteiger partial charge in [0.05, 0.1) is 13.1 Å². The highest BCUT2D eigenvalue weighted by Crippen LogP contribution is 2.20. The Bertz CT molecular complexity index is 600. The standard InChI is InChI=1S/C17H28N6O2/c1-20-7-4-19-16(20)13-22-8-10-23(11-9-22)17(25)14-2-5-21(6-3-14)12-15(18)24/h4,7,14H,2-3,5-6,8-13H2,1H3,(H2,18,24). The normalized spacial score (nSPS) is 20.8. The summed E-state index contributed by atoms with van der Waals surface area (Å²) < 4.78 is 2.04. The van der Waals surface area contributed by atoms with Crippen molar-refractivity contribution in [2.75, 3.05) is 45.8 Å². The maximum absolute atomic E-state index is 12.7. The van der Waals surface area contributed by atoms with Crippen LogP contribution >= 0.6 is 0 Å². The van der Waals surface area contributed by atoms with Gasteiger partial charge < -0.3 is 15.2 Å². The molecule has 0 atom stereocenters. The molecule has 2 aliphatic rings. The van der Waals surface area contributed by atoms with E-state index in [1.54, 1.807) is 0 Å². The van der Waals surface area contributed by atoms with Crippen LogP contribution in [0.5, 0.6) is 0 Å². The lowest BCUT2D eigenvalue weighted by atomic mass is 9.95. The number of nitrogens with two attached hydrogens (primary N) is 1. The van der Waals surface area contributed by atoms with Crippen molar-refractivity contribution in [3.05, 3.63) is 18.2 Å². The Morgan fingerprint density at radius 3 is 2.36 bits per heavy atom. The highest BCUT2D eigenvalue weighted by atomic mass is 16.2. The number of hydrogen-bond donors (Lipinski definition) is 1. The monoisotopic (exact) mass is 348 g/mol. The van der Waals surface area contributed by atoms with Crippen LogP contribution in [0.1, 0.15) is 18.7 Å². The number of piperidine rings is 1. The van der Waals surface area contributed by atoms with Crippen molar-refractivity contribution < 1.29 is 9.59 Å². The number of piperazine rings is 1. The summed E-state index contributed by atoms with van der Waals surface area (Å²) in [6.07, 6.45) is 5.42. The highest BCUT2D eigenvalue weighted by Gasteiger charge is 2.30. The van der Waals surface area contributed by atoms with E-state index in [0.29, 0.717) is 6.54 Å². The van der Waals surface area contributed by atoms with E-state index in [4.69, 9.17) is 5.73 Å². The third-order valence-electron chi connectivity index (χ3n) is 5.29. The van der Waals surface area contributed by atoms with Gasteiger partial charge in [-0.2, -0.15) is 0 Å². The number of aryl methyl sites for hydroxylation is 1. The molecule has 3 heterocycles. The number of imidazole rings is 1. The highest BCUT2D eigenvalue weighted by molar-refractivity contribution is 5.79. The topological polar surface area (TPSA) is 87.7 Å². The van der Waals surface area contributed by atoms with Crippen LogP contribution in [0.2, 0.25) is 0 Å². The second-order valence-corrected chi connectivity index (χ2v) is 7.07. The number of likely N-dealkylation sites (tertiary alicyclic amines) is 1. The Labute approximate surface area is 148 Å². The van der Waals surface area contributed by atoms with Crippen LogP contribution in [0.15, 0.2) is 12.4 Å². The zero-order chi connectivity index (χ0) is 17.8. The molecule has 2 saturated heterocycles. The Balaban J connectivity index is 1.43. The number of primary amides is 1. The van der Waals surface area contributed by atoms with E-state index in [0.717, 1.165) is 64.5 Å². The molecule has 0 radical (unpaired) electrons. The predicted octanol–water partition coefficient (Wildman–Crippen LogP) is -0.738. The van der Waals surface area contributed by atoms with Crippen molar-refractivity contribution >= 4 is 11.8 Å². The van der Waals surface area contributed by atoms with E-state index >= 15 is 0 Å². The molecule has 2 N–H and O–H groups in total. The van der Waals surface area contributed by atoms with E-state index in [-0.39, 0.29) is 17.7 Å². The van der Waals surface area contributed by atoms with E-state index in [2.05, 4.69) is 9.88 Å². The Morgan fingerprint density at radius 2 is 1.80 bits per heavy atom. The van der Waals surface area contributed by atoms with E-state index in [1.807, 2.05) is 33.8 Å². The fourth-order valence-electron chi connectivity index (χ4n) is 3.69. The summed E-state index contributed by atoms with van der Waals surface area (Å²) in [5.74, 6) is 1.12. The molecule has 3 rings (SSSR count). The SMILES string of the molecule is Cn1ccnc1CN1CCN(C(=O)C2CCN(CC(N)=O)CC2)CC1. The van der Waals surface area contributed by atoms with E-state index in [9.17, 15) is 9.59 Å². The molecule has 2 amide bonds. The molecule has 1 aromatic rings. The molecule has 8 heteroatoms. The number of amides is 2. The van der Waals surface area contributed by atoms with Crippen molar-refractivity contribution in [2.45, 2.75) is 19.4 Å². The predicted molar refractivity (Wildman–Crippen MR) is 93.4 cm³/mol. The van der Waals surface area contributed by atoms with Gasteiger partial charge in [0.1, 0.15) is 5.82 Å². The maximum atomic E-state index is 12.7. The largest absolute Gasteiger partial charge is 0.369 e. The molecule has 0 bridgehead atoms. The Morgan fingerprint density at radius 1 is 1.12 bits per heavy atom. The first-order chi connectivity index (χ1) is 12.0. The van der Waals surface area contributed by atoms with Gasteiger partial charge in [-0.05, 0) is 25.9 Å². The molecule has 0 unspecified atom stereocenters. The summed E-state index contributed by atoms with van der Waals surface area (Å²) in [5.41, 5.74) is 5.24. The molecule has 0 aromatic carbocycles. The minimum Gasteiger partial charge on any atom is -0.369 e. The quantitative estimate of drug-likeness (QED) is 0.757. The van der Waals surface area contributed by atoms with E-state index < -0.39 is 0 Å². The van der Waals surface area contributed by atoms with Gasteiger partial charge in [-0.1, -0.05) is 0 Å². The van der Waals surface area contributed by atoms with Gasteiger partial charge in [-0.15, -0.1) is 0 Å². The molecule has 2 aliphatic heterocycles. The number of aromatic nitrogens is 2. The zero-order valence-electron chi connectivity index (χ0n) is 14.9. The number of carbonyl (C=O) groups excluding carboxylic acids is 2. The van der Waals surface area contributed by atoms with Gasteiger partial charge in [-0.3, -0.25) is 19.4 Å². The number of carbonyl (C=O) groups is 2. The number of nitrogens with zero attached hydrogens (tertiary/aromatic N) is 5. The summed E-state index contributed by atoms with van der Waals surface area (Å²) in [6, 6.07) is 0. The van der Waals surface area contributed by atoms with Crippen molar-refractivity contribution in [1.82, 2.24) is 24.3 Å². The molecule has 25 heavy (non-hydrogen) atoms. The molecule has 1 aromatic heterocycles. The van der Waals surface area contributed by atoms with Gasteiger partial charge in [-0.25, -0.2) is 4.98 Å². The van der Waals surface area contributed by atoms with Crippen molar-refractivity contribution in [2.24, 2.45) is 18.7 Å². The zero-order valence-corrected chi connectivity index (χ0v) is 14.9. The molecular formula is C17H28N6O2. The van der Waals surface area contributed by atoms with Crippen LogP contribution in [0.4, 0.5) is 0 Å². The fraction of sp³-hybridized carbons (Fsp3) is 0.706. The maximum Gasteiger partial charge on any atom is 0.231 e. The van der Waals surface area contributed by atoms with Crippen LogP contribution < -0.4 is 5.73 Å². The average Bonchev–Trinajstić information content (AvgIpc) is 3.00. The van der Waals surface area contributed by atoms with Gasteiger partial charge in [0.15, 0.2) is 0 Å². The van der Waals surface area contributed by atoms with Crippen molar-refractivity contribution in [1.29, 1.82) is 0 Å². The summed E-state index contributed by atoms with van der Waals surface area (Å²) in [4.78, 5) is 34.5. The first-order valence-electron chi connectivity index (χ1n) is 9.01. The summed E-state index contributed by atoms with van der Waals surface area (Å²) in [6.45, 7) is 6.02. The summed E-state index contributed by atoms with van der Waals surface area (Å²) in [5, 5.41) is 0. The molecule has 0 spiro atoms. The van der Waals surface area contributed by atoms with Gasteiger partial charge in [0.2, 0.25) is 11.8 Å². The third kappa shape index (κ3) is 4.58. The van der Waals surface area contributed by atoms with Gasteiger partial charge in [0, 0.05) is 51.5 Å².